The van der Waals surface area contributed by atoms with Crippen LogP contribution in [0.15, 0.2) is 65.1 Å². The van der Waals surface area contributed by atoms with Crippen molar-refractivity contribution in [2.24, 2.45) is 5.92 Å². The topological polar surface area (TPSA) is 90.7 Å². The van der Waals surface area contributed by atoms with Crippen LogP contribution in [0.5, 0.6) is 5.75 Å². The van der Waals surface area contributed by atoms with Crippen molar-refractivity contribution in [3.05, 3.63) is 87.5 Å². The zero-order valence-corrected chi connectivity index (χ0v) is 22.9. The van der Waals surface area contributed by atoms with Crippen molar-refractivity contribution >= 4 is 5.69 Å². The molecule has 1 aliphatic carbocycles. The molecule has 0 spiro atoms. The molecule has 10 heteroatoms. The minimum Gasteiger partial charge on any atom is -0.497 e. The molecule has 1 aromatic heterocycles. The molecule has 1 aliphatic heterocycles. The van der Waals surface area contributed by atoms with Gasteiger partial charge in [-0.25, -0.2) is 4.68 Å². The number of hydrogen-bond donors (Lipinski definition) is 3. The molecule has 0 saturated heterocycles. The molecule has 40 heavy (non-hydrogen) atoms. The van der Waals surface area contributed by atoms with Crippen LogP contribution in [0, 0.1) is 5.92 Å². The van der Waals surface area contributed by atoms with Gasteiger partial charge in [0.1, 0.15) is 11.4 Å². The van der Waals surface area contributed by atoms with Gasteiger partial charge in [-0.2, -0.15) is 13.2 Å². The first-order valence-electron chi connectivity index (χ1n) is 13.4. The Morgan fingerprint density at radius 2 is 1.77 bits per heavy atom. The highest BCUT2D eigenvalue weighted by molar-refractivity contribution is 5.72. The highest BCUT2D eigenvalue weighted by Gasteiger charge is 2.55. The number of anilines is 1. The van der Waals surface area contributed by atoms with Crippen molar-refractivity contribution < 1.29 is 28.1 Å². The number of aliphatic hydroxyl groups is 2. The maximum Gasteiger partial charge on any atom is 0.433 e. The highest BCUT2D eigenvalue weighted by Crippen LogP contribution is 2.52. The van der Waals surface area contributed by atoms with Gasteiger partial charge < -0.3 is 19.8 Å². The quantitative estimate of drug-likeness (QED) is 0.376. The summed E-state index contributed by atoms with van der Waals surface area (Å²) >= 11 is 0. The molecule has 0 bridgehead atoms. The van der Waals surface area contributed by atoms with Crippen molar-refractivity contribution in [1.82, 2.24) is 9.78 Å². The largest absolute Gasteiger partial charge is 0.497 e. The fourth-order valence-electron chi connectivity index (χ4n) is 6.03. The molecule has 2 unspecified atom stereocenters. The van der Waals surface area contributed by atoms with E-state index in [1.165, 1.54) is 12.1 Å². The third kappa shape index (κ3) is 4.43. The van der Waals surface area contributed by atoms with Crippen LogP contribution in [0.3, 0.4) is 0 Å². The third-order valence-electron chi connectivity index (χ3n) is 8.27. The molecule has 2 atom stereocenters. The molecule has 2 aromatic carbocycles. The number of alkyl halides is 3. The number of fused-ring (bicyclic) bond motifs is 1. The van der Waals surface area contributed by atoms with E-state index in [0.717, 1.165) is 34.5 Å². The summed E-state index contributed by atoms with van der Waals surface area (Å²) in [4.78, 5) is 15.4. The van der Waals surface area contributed by atoms with E-state index in [0.29, 0.717) is 12.3 Å². The Labute approximate surface area is 230 Å². The van der Waals surface area contributed by atoms with Crippen molar-refractivity contribution in [3.8, 4) is 11.4 Å². The number of benzene rings is 2. The van der Waals surface area contributed by atoms with E-state index in [-0.39, 0.29) is 5.69 Å². The number of rotatable bonds is 7. The van der Waals surface area contributed by atoms with E-state index in [4.69, 9.17) is 4.74 Å². The Morgan fingerprint density at radius 3 is 2.38 bits per heavy atom. The summed E-state index contributed by atoms with van der Waals surface area (Å²) in [5.74, 6) is -1.56. The maximum atomic E-state index is 14.1. The summed E-state index contributed by atoms with van der Waals surface area (Å²) < 4.78 is 48.4. The van der Waals surface area contributed by atoms with Crippen LogP contribution in [0.2, 0.25) is 0 Å². The SMILES string of the molecule is CCCCN1C(=CC2C(O)C(c3c(C(F)(F)F)[nH]n(-c4ccccc4)c3=O)C2O)C(C)(C)c2cc(OC)ccc21. The lowest BCUT2D eigenvalue weighted by Gasteiger charge is -2.46. The number of unbranched alkanes of at least 4 members (excludes halogenated alkanes) is 1. The average molecular weight is 558 g/mol. The van der Waals surface area contributed by atoms with Crippen LogP contribution < -0.4 is 15.2 Å². The summed E-state index contributed by atoms with van der Waals surface area (Å²) in [6.45, 7) is 6.85. The lowest BCUT2D eigenvalue weighted by Crippen LogP contribution is -2.55. The fraction of sp³-hybridized carbons (Fsp3) is 0.433. The Bertz CT molecular complexity index is 1470. The molecule has 5 rings (SSSR count). The zero-order chi connectivity index (χ0) is 29.0. The zero-order valence-electron chi connectivity index (χ0n) is 22.9. The standard InChI is InChI=1S/C30H34F3N3O4/c1-5-6-14-35-21-13-12-18(40-4)15-20(21)29(2,3)22(35)16-19-25(37)23(26(19)38)24-27(30(31,32)33)34-36(28(24)39)17-10-8-7-9-11-17/h7-13,15-16,19,23,25-26,34,37-38H,5-6,14H2,1-4H3. The lowest BCUT2D eigenvalue weighted by molar-refractivity contribution is -0.145. The summed E-state index contributed by atoms with van der Waals surface area (Å²) in [7, 11) is 1.60. The van der Waals surface area contributed by atoms with Crippen molar-refractivity contribution in [2.75, 3.05) is 18.6 Å². The predicted molar refractivity (Wildman–Crippen MR) is 146 cm³/mol. The van der Waals surface area contributed by atoms with E-state index in [9.17, 15) is 28.2 Å². The van der Waals surface area contributed by atoms with Crippen molar-refractivity contribution in [2.45, 2.75) is 63.3 Å². The van der Waals surface area contributed by atoms with Crippen LogP contribution in [0.4, 0.5) is 18.9 Å². The number of nitrogens with one attached hydrogen (secondary N) is 1. The molecule has 3 aromatic rings. The Balaban J connectivity index is 1.54. The van der Waals surface area contributed by atoms with E-state index >= 15 is 0 Å². The van der Waals surface area contributed by atoms with E-state index in [1.807, 2.05) is 32.0 Å². The predicted octanol–water partition coefficient (Wildman–Crippen LogP) is 5.11. The van der Waals surface area contributed by atoms with Gasteiger partial charge in [0.05, 0.1) is 30.6 Å². The molecule has 3 N–H and O–H groups in total. The van der Waals surface area contributed by atoms with Gasteiger partial charge in [0.25, 0.3) is 5.56 Å². The number of hydrogen-bond acceptors (Lipinski definition) is 5. The van der Waals surface area contributed by atoms with Gasteiger partial charge in [0.15, 0.2) is 0 Å². The van der Waals surface area contributed by atoms with Gasteiger partial charge in [-0.3, -0.25) is 9.89 Å². The van der Waals surface area contributed by atoms with E-state index in [2.05, 4.69) is 16.9 Å². The smallest absolute Gasteiger partial charge is 0.433 e. The van der Waals surface area contributed by atoms with Gasteiger partial charge in [0, 0.05) is 35.2 Å². The number of aromatic amines is 1. The number of aromatic nitrogens is 2. The molecule has 1 saturated carbocycles. The number of methoxy groups -OCH3 is 1. The van der Waals surface area contributed by atoms with Crippen molar-refractivity contribution in [3.63, 3.8) is 0 Å². The number of aliphatic hydroxyl groups excluding tert-OH is 2. The van der Waals surface area contributed by atoms with E-state index in [1.54, 1.807) is 31.4 Å². The second kappa shape index (κ2) is 10.2. The first kappa shape index (κ1) is 28.0. The van der Waals surface area contributed by atoms with Crippen LogP contribution >= 0.6 is 0 Å². The molecule has 7 nitrogen and oxygen atoms in total. The second-order valence-electron chi connectivity index (χ2n) is 11.0. The molecular formula is C30H34F3N3O4. The number of halogens is 3. The van der Waals surface area contributed by atoms with Gasteiger partial charge in [-0.05, 0) is 42.3 Å². The number of nitrogens with zero attached hydrogens (tertiary/aromatic N) is 2. The highest BCUT2D eigenvalue weighted by atomic mass is 19.4. The second-order valence-corrected chi connectivity index (χ2v) is 11.0. The molecule has 0 amide bonds. The monoisotopic (exact) mass is 557 g/mol. The summed E-state index contributed by atoms with van der Waals surface area (Å²) in [6.07, 6.45) is -4.05. The van der Waals surface area contributed by atoms with Crippen LogP contribution in [0.25, 0.3) is 5.69 Å². The Morgan fingerprint density at radius 1 is 1.10 bits per heavy atom. The third-order valence-corrected chi connectivity index (χ3v) is 8.27. The molecule has 1 fully saturated rings. The fourth-order valence-corrected chi connectivity index (χ4v) is 6.03. The Hall–Kier alpha value is -3.50. The number of para-hydroxylation sites is 1. The number of ether oxygens (including phenoxy) is 1. The normalized spacial score (nSPS) is 24.7. The molecular weight excluding hydrogens is 523 g/mol. The van der Waals surface area contributed by atoms with E-state index < -0.39 is 52.5 Å². The van der Waals surface area contributed by atoms with Crippen LogP contribution in [0.1, 0.15) is 56.4 Å². The van der Waals surface area contributed by atoms with Gasteiger partial charge in [-0.1, -0.05) is 51.5 Å². The molecule has 2 aliphatic rings. The van der Waals surface area contributed by atoms with Crippen LogP contribution in [-0.2, 0) is 11.6 Å². The molecule has 214 valence electrons. The maximum absolute atomic E-state index is 14.1. The van der Waals surface area contributed by atoms with Gasteiger partial charge >= 0.3 is 6.18 Å². The summed E-state index contributed by atoms with van der Waals surface area (Å²) in [5.41, 5.74) is -0.318. The first-order valence-corrected chi connectivity index (χ1v) is 13.4. The molecule has 2 heterocycles. The van der Waals surface area contributed by atoms with Gasteiger partial charge in [-0.15, -0.1) is 0 Å². The van der Waals surface area contributed by atoms with Crippen molar-refractivity contribution in [1.29, 1.82) is 0 Å². The first-order chi connectivity index (χ1) is 18.9. The summed E-state index contributed by atoms with van der Waals surface area (Å²) in [5, 5.41) is 24.6. The van der Waals surface area contributed by atoms with Gasteiger partial charge in [0.2, 0.25) is 0 Å². The Kier molecular flexibility index (Phi) is 7.12. The molecule has 0 radical (unpaired) electrons. The average Bonchev–Trinajstić information content (AvgIpc) is 3.37. The number of allylic oxidation sites excluding steroid dienone is 1. The minimum atomic E-state index is -4.89. The lowest BCUT2D eigenvalue weighted by atomic mass is 9.64. The van der Waals surface area contributed by atoms with Crippen LogP contribution in [-0.4, -0.2) is 45.9 Å². The number of H-pyrrole nitrogens is 1. The summed E-state index contributed by atoms with van der Waals surface area (Å²) in [6, 6.07) is 13.7. The minimum absolute atomic E-state index is 0.221.